The quantitative estimate of drug-likeness (QED) is 0.799. The highest BCUT2D eigenvalue weighted by molar-refractivity contribution is 6.10. The molecule has 3 aromatic rings. The Morgan fingerprint density at radius 1 is 1.05 bits per heavy atom. The fourth-order valence-electron chi connectivity index (χ4n) is 2.42. The van der Waals surface area contributed by atoms with Crippen LogP contribution in [0.1, 0.15) is 17.1 Å². The van der Waals surface area contributed by atoms with Crippen molar-refractivity contribution in [3.05, 3.63) is 59.6 Å². The van der Waals surface area contributed by atoms with Gasteiger partial charge in [-0.15, -0.1) is 10.2 Å². The molecule has 0 amide bonds. The van der Waals surface area contributed by atoms with Crippen molar-refractivity contribution in [2.45, 2.75) is 6.42 Å². The molecule has 2 aromatic heterocycles. The summed E-state index contributed by atoms with van der Waals surface area (Å²) in [4.78, 5) is 4.19. The third-order valence-electron chi connectivity index (χ3n) is 3.57. The first-order valence-corrected chi connectivity index (χ1v) is 6.99. The Labute approximate surface area is 126 Å². The maximum Gasteiger partial charge on any atom is 0.177 e. The minimum absolute atomic E-state index is 0.253. The molecule has 1 N–H and O–H groups in total. The fourth-order valence-corrected chi connectivity index (χ4v) is 2.42. The van der Waals surface area contributed by atoms with E-state index >= 15 is 0 Å². The van der Waals surface area contributed by atoms with Crippen LogP contribution in [0.2, 0.25) is 0 Å². The first kappa shape index (κ1) is 12.7. The normalized spacial score (nSPS) is 13.7. The van der Waals surface area contributed by atoms with Gasteiger partial charge < -0.3 is 5.11 Å². The van der Waals surface area contributed by atoms with E-state index in [0.29, 0.717) is 18.6 Å². The molecule has 108 valence electrons. The topological polar surface area (TPSA) is 75.7 Å². The molecule has 0 fully saturated rings. The van der Waals surface area contributed by atoms with Gasteiger partial charge in [-0.05, 0) is 29.8 Å². The Balaban J connectivity index is 1.72. The largest absolute Gasteiger partial charge is 0.508 e. The van der Waals surface area contributed by atoms with Crippen LogP contribution in [0.3, 0.4) is 0 Å². The summed E-state index contributed by atoms with van der Waals surface area (Å²) in [6, 6.07) is 10.9. The van der Waals surface area contributed by atoms with Gasteiger partial charge in [0.2, 0.25) is 0 Å². The first-order chi connectivity index (χ1) is 10.8. The molecule has 6 heteroatoms. The first-order valence-electron chi connectivity index (χ1n) is 6.99. The van der Waals surface area contributed by atoms with Crippen molar-refractivity contribution >= 4 is 17.4 Å². The van der Waals surface area contributed by atoms with Crippen LogP contribution in [0.5, 0.6) is 5.75 Å². The highest BCUT2D eigenvalue weighted by Gasteiger charge is 2.11. The van der Waals surface area contributed by atoms with Crippen LogP contribution in [-0.4, -0.2) is 37.7 Å². The van der Waals surface area contributed by atoms with E-state index in [0.717, 1.165) is 22.7 Å². The van der Waals surface area contributed by atoms with Gasteiger partial charge in [-0.2, -0.15) is 9.61 Å². The number of fused-ring (bicyclic) bond motifs is 1. The summed E-state index contributed by atoms with van der Waals surface area (Å²) in [6.07, 6.45) is 4.47. The van der Waals surface area contributed by atoms with Gasteiger partial charge in [0.25, 0.3) is 0 Å². The Morgan fingerprint density at radius 3 is 2.68 bits per heavy atom. The molecule has 0 bridgehead atoms. The molecule has 1 aliphatic rings. The summed E-state index contributed by atoms with van der Waals surface area (Å²) < 4.78 is 1.76. The Hall–Kier alpha value is -3.02. The van der Waals surface area contributed by atoms with Crippen molar-refractivity contribution in [2.24, 2.45) is 4.99 Å². The summed E-state index contributed by atoms with van der Waals surface area (Å²) in [5, 5.41) is 22.3. The van der Waals surface area contributed by atoms with Gasteiger partial charge in [0.15, 0.2) is 11.5 Å². The van der Waals surface area contributed by atoms with Crippen molar-refractivity contribution < 1.29 is 5.11 Å². The van der Waals surface area contributed by atoms with Gasteiger partial charge in [0.05, 0.1) is 12.2 Å². The lowest BCUT2D eigenvalue weighted by Gasteiger charge is -2.03. The standard InChI is InChI=1S/C16H13N5O/c22-13-3-1-11(2-4-13)9-16-19-18-15-6-5-14(20-21(15)16)12-7-8-17-10-12/h1-7,10,22H,8-9H2. The van der Waals surface area contributed by atoms with Gasteiger partial charge in [-0.3, -0.25) is 4.99 Å². The van der Waals surface area contributed by atoms with E-state index < -0.39 is 0 Å². The number of phenols is 1. The Kier molecular flexibility index (Phi) is 2.93. The molecule has 0 aliphatic carbocycles. The SMILES string of the molecule is Oc1ccc(Cc2nnc3ccc(C4=CCN=C4)nn23)cc1. The predicted molar refractivity (Wildman–Crippen MR) is 83.0 cm³/mol. The number of aliphatic imine (C=N–C) groups is 1. The van der Waals surface area contributed by atoms with Gasteiger partial charge in [-0.1, -0.05) is 18.2 Å². The van der Waals surface area contributed by atoms with Crippen LogP contribution in [0.25, 0.3) is 11.2 Å². The van der Waals surface area contributed by atoms with Crippen LogP contribution in [0, 0.1) is 0 Å². The number of aromatic nitrogens is 4. The third-order valence-corrected chi connectivity index (χ3v) is 3.57. The van der Waals surface area contributed by atoms with E-state index in [1.54, 1.807) is 16.6 Å². The molecule has 1 aromatic carbocycles. The predicted octanol–water partition coefficient (Wildman–Crippen LogP) is 1.89. The summed E-state index contributed by atoms with van der Waals surface area (Å²) in [5.41, 5.74) is 3.64. The second-order valence-electron chi connectivity index (χ2n) is 5.10. The van der Waals surface area contributed by atoms with Crippen molar-refractivity contribution in [2.75, 3.05) is 6.54 Å². The zero-order chi connectivity index (χ0) is 14.9. The highest BCUT2D eigenvalue weighted by Crippen LogP contribution is 2.16. The molecule has 3 heterocycles. The second-order valence-corrected chi connectivity index (χ2v) is 5.10. The molecule has 0 atom stereocenters. The Bertz CT molecular complexity index is 893. The fraction of sp³-hybridized carbons (Fsp3) is 0.125. The molecule has 6 nitrogen and oxygen atoms in total. The van der Waals surface area contributed by atoms with Gasteiger partial charge >= 0.3 is 0 Å². The van der Waals surface area contributed by atoms with Crippen molar-refractivity contribution in [3.8, 4) is 5.75 Å². The lowest BCUT2D eigenvalue weighted by molar-refractivity contribution is 0.475. The van der Waals surface area contributed by atoms with E-state index in [9.17, 15) is 5.11 Å². The minimum atomic E-state index is 0.253. The maximum absolute atomic E-state index is 9.35. The van der Waals surface area contributed by atoms with Crippen LogP contribution in [0.15, 0.2) is 47.5 Å². The number of nitrogens with zero attached hydrogens (tertiary/aromatic N) is 5. The van der Waals surface area contributed by atoms with Crippen molar-refractivity contribution in [1.29, 1.82) is 0 Å². The number of allylic oxidation sites excluding steroid dienone is 1. The van der Waals surface area contributed by atoms with E-state index in [1.165, 1.54) is 0 Å². The molecular weight excluding hydrogens is 278 g/mol. The lowest BCUT2D eigenvalue weighted by Crippen LogP contribution is -2.03. The second kappa shape index (κ2) is 5.07. The van der Waals surface area contributed by atoms with Crippen LogP contribution in [-0.2, 0) is 6.42 Å². The van der Waals surface area contributed by atoms with Crippen molar-refractivity contribution in [1.82, 2.24) is 19.8 Å². The molecule has 0 unspecified atom stereocenters. The number of aromatic hydroxyl groups is 1. The van der Waals surface area contributed by atoms with Gasteiger partial charge in [-0.25, -0.2) is 0 Å². The van der Waals surface area contributed by atoms with Crippen LogP contribution < -0.4 is 0 Å². The maximum atomic E-state index is 9.35. The van der Waals surface area contributed by atoms with E-state index in [2.05, 4.69) is 20.3 Å². The van der Waals surface area contributed by atoms with E-state index in [4.69, 9.17) is 0 Å². The van der Waals surface area contributed by atoms with Crippen molar-refractivity contribution in [3.63, 3.8) is 0 Å². The number of hydrogen-bond donors (Lipinski definition) is 1. The number of benzene rings is 1. The average molecular weight is 291 g/mol. The van der Waals surface area contributed by atoms with Gasteiger partial charge in [0.1, 0.15) is 5.75 Å². The molecule has 0 radical (unpaired) electrons. The molecule has 0 saturated heterocycles. The summed E-state index contributed by atoms with van der Waals surface area (Å²) in [7, 11) is 0. The molecular formula is C16H13N5O. The number of phenolic OH excluding ortho intramolecular Hbond substituents is 1. The summed E-state index contributed by atoms with van der Waals surface area (Å²) in [5.74, 6) is 1.01. The van der Waals surface area contributed by atoms with E-state index in [1.807, 2.05) is 36.6 Å². The monoisotopic (exact) mass is 291 g/mol. The van der Waals surface area contributed by atoms with Crippen LogP contribution >= 0.6 is 0 Å². The highest BCUT2D eigenvalue weighted by atomic mass is 16.3. The smallest absolute Gasteiger partial charge is 0.177 e. The summed E-state index contributed by atoms with van der Waals surface area (Å²) >= 11 is 0. The minimum Gasteiger partial charge on any atom is -0.508 e. The summed E-state index contributed by atoms with van der Waals surface area (Å²) in [6.45, 7) is 0.706. The zero-order valence-electron chi connectivity index (χ0n) is 11.7. The Morgan fingerprint density at radius 2 is 1.91 bits per heavy atom. The molecule has 22 heavy (non-hydrogen) atoms. The third kappa shape index (κ3) is 2.24. The molecule has 0 saturated carbocycles. The van der Waals surface area contributed by atoms with E-state index in [-0.39, 0.29) is 5.75 Å². The van der Waals surface area contributed by atoms with Crippen LogP contribution in [0.4, 0.5) is 0 Å². The molecule has 1 aliphatic heterocycles. The average Bonchev–Trinajstić information content (AvgIpc) is 3.19. The molecule has 0 spiro atoms. The van der Waals surface area contributed by atoms with Gasteiger partial charge in [0, 0.05) is 18.2 Å². The lowest BCUT2D eigenvalue weighted by atomic mass is 10.1. The number of rotatable bonds is 3. The molecule has 4 rings (SSSR count). The number of hydrogen-bond acceptors (Lipinski definition) is 5. The zero-order valence-corrected chi connectivity index (χ0v) is 11.7.